The minimum Gasteiger partial charge on any atom is -0.461 e. The molecule has 276 valence electrons. The van der Waals surface area contributed by atoms with Gasteiger partial charge >= 0.3 is 6.01 Å². The highest BCUT2D eigenvalue weighted by molar-refractivity contribution is 6.35. The maximum absolute atomic E-state index is 17.1. The summed E-state index contributed by atoms with van der Waals surface area (Å²) in [5, 5.41) is 19.5. The van der Waals surface area contributed by atoms with Gasteiger partial charge in [-0.1, -0.05) is 60.9 Å². The molecule has 2 aromatic heterocycles. The van der Waals surface area contributed by atoms with E-state index >= 15 is 4.39 Å². The second-order valence-corrected chi connectivity index (χ2v) is 15.2. The van der Waals surface area contributed by atoms with Gasteiger partial charge in [-0.3, -0.25) is 9.69 Å². The van der Waals surface area contributed by atoms with Gasteiger partial charge in [0.1, 0.15) is 12.4 Å². The van der Waals surface area contributed by atoms with E-state index < -0.39 is 18.3 Å². The van der Waals surface area contributed by atoms with E-state index in [0.29, 0.717) is 55.0 Å². The largest absolute Gasteiger partial charge is 0.461 e. The number of hydrogen-bond acceptors (Lipinski definition) is 11. The minimum absolute atomic E-state index is 0.0483. The Bertz CT molecular complexity index is 2070. The molecule has 0 aliphatic carbocycles. The van der Waals surface area contributed by atoms with Crippen molar-refractivity contribution >= 4 is 40.2 Å². The fourth-order valence-electron chi connectivity index (χ4n) is 8.58. The number of carbonyl (C=O) groups is 1. The molecule has 1 N–H and O–H groups in total. The number of carbonyl (C=O) groups excluding carboxylic acids is 1. The first kappa shape index (κ1) is 35.4. The first-order valence-electron chi connectivity index (χ1n) is 18.5. The Morgan fingerprint density at radius 2 is 1.94 bits per heavy atom. The number of aromatic nitrogens is 4. The van der Waals surface area contributed by atoms with Crippen LogP contribution in [0.5, 0.6) is 6.01 Å². The Kier molecular flexibility index (Phi) is 9.78. The van der Waals surface area contributed by atoms with Crippen molar-refractivity contribution in [2.75, 3.05) is 44.2 Å². The third-order valence-corrected chi connectivity index (χ3v) is 11.6. The zero-order valence-electron chi connectivity index (χ0n) is 30.0. The SMILES string of the molecule is CC(C)c1noc(/C=C/C(=O)N2CCN(c3nc(OCC45CCCN4CCC5)nc4c3CNC(c3cccc5cccc(Cl)c35)C4F)C[C@@H]2CC#N)n1. The molecule has 0 saturated carbocycles. The van der Waals surface area contributed by atoms with Crippen LogP contribution in [0.25, 0.3) is 16.8 Å². The van der Waals surface area contributed by atoms with E-state index in [4.69, 9.17) is 30.8 Å². The molecule has 4 aliphatic rings. The van der Waals surface area contributed by atoms with Gasteiger partial charge in [-0.15, -0.1) is 0 Å². The van der Waals surface area contributed by atoms with Crippen molar-refractivity contribution < 1.29 is 18.4 Å². The van der Waals surface area contributed by atoms with Crippen molar-refractivity contribution in [3.05, 3.63) is 76.0 Å². The number of nitriles is 1. The van der Waals surface area contributed by atoms with Gasteiger partial charge in [0.15, 0.2) is 12.0 Å². The number of nitrogens with one attached hydrogen (secondary N) is 1. The molecule has 0 spiro atoms. The average molecular weight is 740 g/mol. The summed E-state index contributed by atoms with van der Waals surface area (Å²) in [4.78, 5) is 33.8. The van der Waals surface area contributed by atoms with E-state index in [1.165, 1.54) is 12.2 Å². The molecule has 3 atom stereocenters. The number of amides is 1. The fourth-order valence-corrected chi connectivity index (χ4v) is 8.87. The van der Waals surface area contributed by atoms with Crippen LogP contribution in [0.4, 0.5) is 10.2 Å². The summed E-state index contributed by atoms with van der Waals surface area (Å²) in [5.74, 6) is 1.19. The lowest BCUT2D eigenvalue weighted by atomic mass is 9.90. The van der Waals surface area contributed by atoms with E-state index in [-0.39, 0.29) is 41.4 Å². The second kappa shape index (κ2) is 14.6. The lowest BCUT2D eigenvalue weighted by Crippen LogP contribution is -2.55. The van der Waals surface area contributed by atoms with Crippen LogP contribution in [0.3, 0.4) is 0 Å². The number of halogens is 2. The Balaban J connectivity index is 1.10. The van der Waals surface area contributed by atoms with Gasteiger partial charge in [-0.25, -0.2) is 4.39 Å². The van der Waals surface area contributed by atoms with Gasteiger partial charge in [0, 0.05) is 60.2 Å². The average Bonchev–Trinajstić information content (AvgIpc) is 3.90. The Morgan fingerprint density at radius 1 is 1.15 bits per heavy atom. The summed E-state index contributed by atoms with van der Waals surface area (Å²) in [7, 11) is 0. The molecule has 0 bridgehead atoms. The molecule has 3 saturated heterocycles. The van der Waals surface area contributed by atoms with E-state index in [1.807, 2.05) is 55.1 Å². The van der Waals surface area contributed by atoms with Crippen molar-refractivity contribution in [2.45, 2.75) is 82.2 Å². The lowest BCUT2D eigenvalue weighted by molar-refractivity contribution is -0.128. The lowest BCUT2D eigenvalue weighted by Gasteiger charge is -2.42. The van der Waals surface area contributed by atoms with Crippen LogP contribution in [0.1, 0.15) is 92.6 Å². The van der Waals surface area contributed by atoms with Crippen LogP contribution in [0.15, 0.2) is 47.0 Å². The molecule has 2 aromatic carbocycles. The number of benzene rings is 2. The zero-order valence-corrected chi connectivity index (χ0v) is 30.7. The van der Waals surface area contributed by atoms with E-state index in [2.05, 4.69) is 26.4 Å². The monoisotopic (exact) mass is 739 g/mol. The van der Waals surface area contributed by atoms with Crippen molar-refractivity contribution in [2.24, 2.45) is 0 Å². The minimum atomic E-state index is -1.53. The van der Waals surface area contributed by atoms with Crippen molar-refractivity contribution in [1.82, 2.24) is 35.2 Å². The van der Waals surface area contributed by atoms with Crippen LogP contribution >= 0.6 is 11.6 Å². The highest BCUT2D eigenvalue weighted by Crippen LogP contribution is 2.44. The summed E-state index contributed by atoms with van der Waals surface area (Å²) in [5.41, 5.74) is 1.63. The first-order chi connectivity index (χ1) is 25.7. The smallest absolute Gasteiger partial charge is 0.318 e. The molecular weight excluding hydrogens is 697 g/mol. The predicted molar refractivity (Wildman–Crippen MR) is 198 cm³/mol. The summed E-state index contributed by atoms with van der Waals surface area (Å²) < 4.78 is 28.8. The summed E-state index contributed by atoms with van der Waals surface area (Å²) in [6, 6.07) is 12.7. The van der Waals surface area contributed by atoms with Gasteiger partial charge < -0.3 is 24.4 Å². The maximum Gasteiger partial charge on any atom is 0.318 e. The third-order valence-electron chi connectivity index (χ3n) is 11.3. The number of nitrogens with zero attached hydrogens (tertiary/aromatic N) is 8. The summed E-state index contributed by atoms with van der Waals surface area (Å²) in [6.07, 6.45) is 5.84. The number of anilines is 1. The van der Waals surface area contributed by atoms with Crippen LogP contribution < -0.4 is 15.0 Å². The number of ether oxygens (including phenoxy) is 1. The van der Waals surface area contributed by atoms with Crippen molar-refractivity contribution in [3.8, 4) is 12.1 Å². The predicted octanol–water partition coefficient (Wildman–Crippen LogP) is 6.30. The van der Waals surface area contributed by atoms with E-state index in [1.54, 1.807) is 4.90 Å². The molecule has 2 unspecified atom stereocenters. The molecule has 0 radical (unpaired) electrons. The highest BCUT2D eigenvalue weighted by Gasteiger charge is 2.45. The van der Waals surface area contributed by atoms with Gasteiger partial charge in [0.25, 0.3) is 5.89 Å². The topological polar surface area (TPSA) is 137 Å². The zero-order chi connectivity index (χ0) is 36.7. The molecule has 53 heavy (non-hydrogen) atoms. The Hall–Kier alpha value is -4.64. The van der Waals surface area contributed by atoms with Crippen LogP contribution in [-0.2, 0) is 11.3 Å². The van der Waals surface area contributed by atoms with Gasteiger partial charge in [0.2, 0.25) is 5.91 Å². The molecule has 4 aliphatic heterocycles. The highest BCUT2D eigenvalue weighted by atomic mass is 35.5. The van der Waals surface area contributed by atoms with Gasteiger partial charge in [-0.05, 0) is 55.8 Å². The molecule has 4 aromatic rings. The summed E-state index contributed by atoms with van der Waals surface area (Å²) in [6.45, 7) is 7.84. The Labute approximate surface area is 312 Å². The van der Waals surface area contributed by atoms with Crippen molar-refractivity contribution in [1.29, 1.82) is 5.26 Å². The standard InChI is InChI=1S/C39H43ClFN9O3/c1-24(2)36-44-30(53-47-36)11-12-31(51)50-20-19-48(22-26(50)13-16-42)37-28-21-43-34(27-9-3-7-25-8-4-10-29(40)32(25)27)33(41)35(28)45-38(46-37)52-23-39-14-5-17-49(39)18-6-15-39/h3-4,7-12,24,26,33-34,43H,5-6,13-15,17-23H2,1-2H3/b12-11+/t26-,33?,34?/m0/s1. The Morgan fingerprint density at radius 3 is 2.70 bits per heavy atom. The first-order valence-corrected chi connectivity index (χ1v) is 18.9. The molecule has 8 rings (SSSR count). The normalized spacial score (nSPS) is 22.8. The maximum atomic E-state index is 17.1. The van der Waals surface area contributed by atoms with Crippen LogP contribution in [-0.4, -0.2) is 86.7 Å². The van der Waals surface area contributed by atoms with E-state index in [9.17, 15) is 10.1 Å². The second-order valence-electron chi connectivity index (χ2n) is 14.8. The number of alkyl halides is 1. The number of piperazine rings is 1. The van der Waals surface area contributed by atoms with Crippen molar-refractivity contribution in [3.63, 3.8) is 0 Å². The molecule has 6 heterocycles. The van der Waals surface area contributed by atoms with Crippen LogP contribution in [0, 0.1) is 11.3 Å². The molecule has 1 amide bonds. The number of rotatable bonds is 9. The molecular formula is C39H43ClFN9O3. The fraction of sp³-hybridized carbons (Fsp3) is 0.487. The number of hydrogen-bond donors (Lipinski definition) is 1. The number of fused-ring (bicyclic) bond motifs is 3. The van der Waals surface area contributed by atoms with Crippen LogP contribution in [0.2, 0.25) is 5.02 Å². The molecule has 3 fully saturated rings. The van der Waals surface area contributed by atoms with Gasteiger partial charge in [0.05, 0.1) is 35.8 Å². The third kappa shape index (κ3) is 6.73. The van der Waals surface area contributed by atoms with Gasteiger partial charge in [-0.2, -0.15) is 20.2 Å². The molecule has 12 nitrogen and oxygen atoms in total. The summed E-state index contributed by atoms with van der Waals surface area (Å²) >= 11 is 6.69. The van der Waals surface area contributed by atoms with E-state index in [0.717, 1.165) is 55.1 Å². The molecule has 14 heteroatoms. The quantitative estimate of drug-likeness (QED) is 0.194.